The van der Waals surface area contributed by atoms with Gasteiger partial charge >= 0.3 is 0 Å². The molecule has 0 aliphatic rings. The van der Waals surface area contributed by atoms with Gasteiger partial charge in [0.1, 0.15) is 11.2 Å². The lowest BCUT2D eigenvalue weighted by Crippen LogP contribution is -2.09. The Morgan fingerprint density at radius 3 is 1.49 bits per heavy atom. The van der Waals surface area contributed by atoms with Gasteiger partial charge in [0.25, 0.3) is 0 Å². The van der Waals surface area contributed by atoms with Crippen LogP contribution in [0, 0.1) is 0 Å². The minimum atomic E-state index is 0.907. The number of anilines is 3. The van der Waals surface area contributed by atoms with Crippen molar-refractivity contribution in [1.29, 1.82) is 0 Å². The second-order valence-corrected chi connectivity index (χ2v) is 15.6. The molecule has 57 heavy (non-hydrogen) atoms. The molecular weight excluding hydrogens is 711 g/mol. The predicted octanol–water partition coefficient (Wildman–Crippen LogP) is 16.1. The molecule has 0 aliphatic heterocycles. The van der Waals surface area contributed by atoms with Gasteiger partial charge < -0.3 is 9.32 Å². The Hall–Kier alpha value is -7.20. The first-order valence-corrected chi connectivity index (χ1v) is 20.1. The normalized spacial score (nSPS) is 11.5. The zero-order chi connectivity index (χ0) is 37.7. The molecule has 0 fully saturated rings. The fraction of sp³-hybridized carbons (Fsp3) is 0. The van der Waals surface area contributed by atoms with E-state index in [1.165, 1.54) is 53.6 Å². The van der Waals surface area contributed by atoms with Crippen LogP contribution >= 0.6 is 11.3 Å². The molecular formula is C54H35NOS. The number of fused-ring (bicyclic) bond motifs is 6. The first-order chi connectivity index (χ1) is 28.2. The first-order valence-electron chi connectivity index (χ1n) is 19.3. The van der Waals surface area contributed by atoms with E-state index in [2.05, 4.69) is 205 Å². The molecule has 0 saturated carbocycles. The summed E-state index contributed by atoms with van der Waals surface area (Å²) < 4.78 is 9.03. The van der Waals surface area contributed by atoms with Crippen molar-refractivity contribution in [2.24, 2.45) is 0 Å². The molecule has 11 rings (SSSR count). The smallest absolute Gasteiger partial charge is 0.143 e. The van der Waals surface area contributed by atoms with Gasteiger partial charge in [-0.3, -0.25) is 0 Å². The summed E-state index contributed by atoms with van der Waals surface area (Å²) in [5.41, 5.74) is 14.5. The van der Waals surface area contributed by atoms with Crippen LogP contribution in [0.5, 0.6) is 0 Å². The van der Waals surface area contributed by atoms with Gasteiger partial charge in [0.2, 0.25) is 0 Å². The molecule has 0 amide bonds. The van der Waals surface area contributed by atoms with Gasteiger partial charge in [-0.05, 0) is 99.6 Å². The summed E-state index contributed by atoms with van der Waals surface area (Å²) in [4.78, 5) is 2.34. The van der Waals surface area contributed by atoms with Crippen LogP contribution in [0.15, 0.2) is 217 Å². The number of benzene rings is 9. The van der Waals surface area contributed by atoms with Gasteiger partial charge in [0.05, 0.1) is 0 Å². The van der Waals surface area contributed by atoms with Crippen LogP contribution in [0.3, 0.4) is 0 Å². The van der Waals surface area contributed by atoms with E-state index < -0.39 is 0 Å². The molecule has 0 bridgehead atoms. The molecule has 268 valence electrons. The summed E-state index contributed by atoms with van der Waals surface area (Å²) in [6.07, 6.45) is 0. The minimum absolute atomic E-state index is 0.907. The second kappa shape index (κ2) is 13.8. The van der Waals surface area contributed by atoms with Gasteiger partial charge in [-0.25, -0.2) is 0 Å². The van der Waals surface area contributed by atoms with Crippen molar-refractivity contribution in [2.75, 3.05) is 4.90 Å². The molecule has 0 aliphatic carbocycles. The highest BCUT2D eigenvalue weighted by Gasteiger charge is 2.18. The number of thiophene rings is 1. The Bertz CT molecular complexity index is 3200. The lowest BCUT2D eigenvalue weighted by atomic mass is 9.92. The fourth-order valence-corrected chi connectivity index (χ4v) is 9.43. The van der Waals surface area contributed by atoms with Crippen LogP contribution in [-0.4, -0.2) is 0 Å². The summed E-state index contributed by atoms with van der Waals surface area (Å²) in [5, 5.41) is 4.89. The second-order valence-electron chi connectivity index (χ2n) is 14.5. The van der Waals surface area contributed by atoms with Gasteiger partial charge in [0, 0.05) is 53.6 Å². The zero-order valence-corrected chi connectivity index (χ0v) is 31.8. The van der Waals surface area contributed by atoms with Crippen molar-refractivity contribution in [3.63, 3.8) is 0 Å². The van der Waals surface area contributed by atoms with E-state index in [9.17, 15) is 0 Å². The molecule has 2 heterocycles. The van der Waals surface area contributed by atoms with Crippen LogP contribution in [0.4, 0.5) is 17.1 Å². The SMILES string of the molecule is c1ccc(-c2ccc(N(c3ccc(-c4cc5sc6ccccc6c5cc4-c4ccccc4)cc3)c3ccc(-c4cccc5c4oc4ccccc45)cc3)cc2)cc1. The van der Waals surface area contributed by atoms with E-state index in [0.717, 1.165) is 50.1 Å². The molecule has 3 heteroatoms. The molecule has 0 spiro atoms. The maximum atomic E-state index is 6.42. The summed E-state index contributed by atoms with van der Waals surface area (Å²) >= 11 is 1.86. The maximum absolute atomic E-state index is 6.42. The lowest BCUT2D eigenvalue weighted by molar-refractivity contribution is 0.670. The highest BCUT2D eigenvalue weighted by molar-refractivity contribution is 7.25. The molecule has 2 nitrogen and oxygen atoms in total. The monoisotopic (exact) mass is 745 g/mol. The number of hydrogen-bond donors (Lipinski definition) is 0. The molecule has 0 radical (unpaired) electrons. The highest BCUT2D eigenvalue weighted by atomic mass is 32.1. The van der Waals surface area contributed by atoms with Crippen LogP contribution in [0.25, 0.3) is 86.6 Å². The van der Waals surface area contributed by atoms with E-state index in [1.807, 2.05) is 23.5 Å². The van der Waals surface area contributed by atoms with E-state index >= 15 is 0 Å². The molecule has 0 N–H and O–H groups in total. The van der Waals surface area contributed by atoms with Crippen molar-refractivity contribution >= 4 is 70.5 Å². The average molecular weight is 746 g/mol. The van der Waals surface area contributed by atoms with Gasteiger partial charge in [-0.1, -0.05) is 152 Å². The van der Waals surface area contributed by atoms with E-state index in [4.69, 9.17) is 4.42 Å². The Balaban J connectivity index is 1.01. The summed E-state index contributed by atoms with van der Waals surface area (Å²) in [5.74, 6) is 0. The van der Waals surface area contributed by atoms with E-state index in [-0.39, 0.29) is 0 Å². The lowest BCUT2D eigenvalue weighted by Gasteiger charge is -2.26. The Morgan fingerprint density at radius 1 is 0.316 bits per heavy atom. The number of para-hydroxylation sites is 2. The largest absolute Gasteiger partial charge is 0.455 e. The third kappa shape index (κ3) is 5.88. The molecule has 9 aromatic carbocycles. The van der Waals surface area contributed by atoms with Crippen molar-refractivity contribution in [3.8, 4) is 44.5 Å². The third-order valence-electron chi connectivity index (χ3n) is 11.1. The van der Waals surface area contributed by atoms with Crippen molar-refractivity contribution < 1.29 is 4.42 Å². The van der Waals surface area contributed by atoms with Gasteiger partial charge in [-0.15, -0.1) is 11.3 Å². The molecule has 11 aromatic rings. The Morgan fingerprint density at radius 2 is 0.807 bits per heavy atom. The Labute approximate surface area is 335 Å². The molecule has 0 saturated heterocycles. The number of rotatable bonds is 7. The molecule has 0 atom stereocenters. The maximum Gasteiger partial charge on any atom is 0.143 e. The predicted molar refractivity (Wildman–Crippen MR) is 243 cm³/mol. The van der Waals surface area contributed by atoms with Crippen molar-refractivity contribution in [1.82, 2.24) is 0 Å². The van der Waals surface area contributed by atoms with Crippen molar-refractivity contribution in [2.45, 2.75) is 0 Å². The average Bonchev–Trinajstić information content (AvgIpc) is 3.86. The van der Waals surface area contributed by atoms with Crippen molar-refractivity contribution in [3.05, 3.63) is 212 Å². The Kier molecular flexibility index (Phi) is 8.04. The number of hydrogen-bond acceptors (Lipinski definition) is 3. The summed E-state index contributed by atoms with van der Waals surface area (Å²) in [7, 11) is 0. The molecule has 2 aromatic heterocycles. The van der Waals surface area contributed by atoms with Crippen LogP contribution < -0.4 is 4.90 Å². The highest BCUT2D eigenvalue weighted by Crippen LogP contribution is 2.44. The topological polar surface area (TPSA) is 16.4 Å². The quantitative estimate of drug-likeness (QED) is 0.162. The van der Waals surface area contributed by atoms with E-state index in [1.54, 1.807) is 0 Å². The zero-order valence-electron chi connectivity index (χ0n) is 31.0. The van der Waals surface area contributed by atoms with Gasteiger partial charge in [-0.2, -0.15) is 0 Å². The van der Waals surface area contributed by atoms with Crippen LogP contribution in [0.1, 0.15) is 0 Å². The number of furan rings is 1. The minimum Gasteiger partial charge on any atom is -0.455 e. The summed E-state index contributed by atoms with van der Waals surface area (Å²) in [6.45, 7) is 0. The summed E-state index contributed by atoms with van der Waals surface area (Å²) in [6, 6.07) is 76.3. The third-order valence-corrected chi connectivity index (χ3v) is 12.2. The van der Waals surface area contributed by atoms with Crippen LogP contribution in [-0.2, 0) is 0 Å². The molecule has 0 unspecified atom stereocenters. The fourth-order valence-electron chi connectivity index (χ4n) is 8.30. The standard InChI is InChI=1S/C54H35NOS/c1-3-12-36(13-4-1)37-22-28-41(29-23-37)55(42-30-24-39(25-31-42)44-18-11-19-47-45-16-7-9-20-51(45)56-54(44)47)43-32-26-40(27-33-43)49-35-53-50(46-17-8-10-21-52(46)57-53)34-48(49)38-14-5-2-6-15-38/h1-35H. The van der Waals surface area contributed by atoms with Crippen LogP contribution in [0.2, 0.25) is 0 Å². The van der Waals surface area contributed by atoms with E-state index in [0.29, 0.717) is 0 Å². The number of nitrogens with zero attached hydrogens (tertiary/aromatic N) is 1. The van der Waals surface area contributed by atoms with Gasteiger partial charge in [0.15, 0.2) is 0 Å². The first kappa shape index (κ1) is 33.2.